The maximum atomic E-state index is 12.5. The third kappa shape index (κ3) is 4.57. The minimum absolute atomic E-state index is 0.0133. The Hall–Kier alpha value is -1.88. The fraction of sp³-hybridized carbons (Fsp3) is 0.579. The molecule has 1 saturated heterocycles. The summed E-state index contributed by atoms with van der Waals surface area (Å²) in [6, 6.07) is 5.63. The Bertz CT molecular complexity index is 592. The highest BCUT2D eigenvalue weighted by molar-refractivity contribution is 5.97. The molecule has 1 unspecified atom stereocenters. The van der Waals surface area contributed by atoms with Gasteiger partial charge in [-0.25, -0.2) is 0 Å². The predicted molar refractivity (Wildman–Crippen MR) is 98.1 cm³/mol. The second-order valence-electron chi connectivity index (χ2n) is 6.84. The quantitative estimate of drug-likeness (QED) is 0.870. The van der Waals surface area contributed by atoms with Crippen LogP contribution in [0.2, 0.25) is 0 Å². The Morgan fingerprint density at radius 1 is 1.21 bits per heavy atom. The number of nitrogens with one attached hydrogen (secondary N) is 2. The van der Waals surface area contributed by atoms with Crippen molar-refractivity contribution in [2.24, 2.45) is 11.8 Å². The van der Waals surface area contributed by atoms with E-state index in [0.717, 1.165) is 49.3 Å². The number of hydrogen-bond acceptors (Lipinski definition) is 3. The summed E-state index contributed by atoms with van der Waals surface area (Å²) in [7, 11) is 2.09. The smallest absolute Gasteiger partial charge is 0.227 e. The van der Waals surface area contributed by atoms with Crippen molar-refractivity contribution in [3.63, 3.8) is 0 Å². The molecule has 2 rings (SSSR count). The van der Waals surface area contributed by atoms with Gasteiger partial charge < -0.3 is 15.5 Å². The summed E-state index contributed by atoms with van der Waals surface area (Å²) in [5.41, 5.74) is 2.44. The first-order valence-corrected chi connectivity index (χ1v) is 8.82. The van der Waals surface area contributed by atoms with Crippen molar-refractivity contribution in [3.05, 3.63) is 23.8 Å². The molecule has 5 heteroatoms. The second kappa shape index (κ2) is 8.29. The summed E-state index contributed by atoms with van der Waals surface area (Å²) in [5, 5.41) is 6.01. The first-order valence-electron chi connectivity index (χ1n) is 8.82. The average Bonchev–Trinajstić information content (AvgIpc) is 2.58. The molecular formula is C19H29N3O2. The van der Waals surface area contributed by atoms with Gasteiger partial charge >= 0.3 is 0 Å². The molecule has 5 nitrogen and oxygen atoms in total. The lowest BCUT2D eigenvalue weighted by atomic mass is 9.96. The van der Waals surface area contributed by atoms with Crippen molar-refractivity contribution >= 4 is 23.2 Å². The third-order valence-electron chi connectivity index (χ3n) is 5.00. The van der Waals surface area contributed by atoms with E-state index < -0.39 is 0 Å². The van der Waals surface area contributed by atoms with Crippen LogP contribution in [-0.2, 0) is 9.59 Å². The van der Waals surface area contributed by atoms with E-state index in [1.165, 1.54) is 0 Å². The van der Waals surface area contributed by atoms with Crippen LogP contribution in [0.15, 0.2) is 18.2 Å². The van der Waals surface area contributed by atoms with E-state index in [9.17, 15) is 9.59 Å². The topological polar surface area (TPSA) is 61.4 Å². The highest BCUT2D eigenvalue weighted by Crippen LogP contribution is 2.26. The molecule has 2 amide bonds. The van der Waals surface area contributed by atoms with Crippen LogP contribution in [0.25, 0.3) is 0 Å². The SMILES string of the molecule is CCC(C)C(=O)Nc1cccc(NC(=O)C2CCN(C)CC2)c1C. The van der Waals surface area contributed by atoms with Crippen LogP contribution in [0.4, 0.5) is 11.4 Å². The second-order valence-corrected chi connectivity index (χ2v) is 6.84. The normalized spacial score (nSPS) is 17.3. The van der Waals surface area contributed by atoms with Crippen molar-refractivity contribution < 1.29 is 9.59 Å². The van der Waals surface area contributed by atoms with Gasteiger partial charge in [0.2, 0.25) is 11.8 Å². The molecule has 1 aliphatic heterocycles. The third-order valence-corrected chi connectivity index (χ3v) is 5.00. The van der Waals surface area contributed by atoms with Gasteiger partial charge in [0.25, 0.3) is 0 Å². The predicted octanol–water partition coefficient (Wildman–Crippen LogP) is 3.26. The molecule has 1 atom stereocenters. The van der Waals surface area contributed by atoms with Crippen molar-refractivity contribution in [2.75, 3.05) is 30.8 Å². The number of amides is 2. The number of nitrogens with zero attached hydrogens (tertiary/aromatic N) is 1. The van der Waals surface area contributed by atoms with Gasteiger partial charge in [0.15, 0.2) is 0 Å². The lowest BCUT2D eigenvalue weighted by molar-refractivity contribution is -0.121. The molecule has 1 aromatic rings. The Kier molecular flexibility index (Phi) is 6.37. The number of hydrogen-bond donors (Lipinski definition) is 2. The number of carbonyl (C=O) groups is 2. The molecule has 24 heavy (non-hydrogen) atoms. The van der Waals surface area contributed by atoms with Crippen molar-refractivity contribution in [1.29, 1.82) is 0 Å². The maximum absolute atomic E-state index is 12.5. The zero-order valence-electron chi connectivity index (χ0n) is 15.2. The highest BCUT2D eigenvalue weighted by Gasteiger charge is 2.24. The summed E-state index contributed by atoms with van der Waals surface area (Å²) < 4.78 is 0. The molecule has 1 aliphatic rings. The summed E-state index contributed by atoms with van der Waals surface area (Å²) in [6.07, 6.45) is 2.59. The van der Waals surface area contributed by atoms with Crippen molar-refractivity contribution in [2.45, 2.75) is 40.0 Å². The van der Waals surface area contributed by atoms with Crippen LogP contribution in [0, 0.1) is 18.8 Å². The number of carbonyl (C=O) groups excluding carboxylic acids is 2. The van der Waals surface area contributed by atoms with Crippen molar-refractivity contribution in [1.82, 2.24) is 4.90 Å². The van der Waals surface area contributed by atoms with Crippen LogP contribution < -0.4 is 10.6 Å². The van der Waals surface area contributed by atoms with Crippen molar-refractivity contribution in [3.8, 4) is 0 Å². The number of piperidine rings is 1. The first kappa shape index (κ1) is 18.5. The molecule has 0 spiro atoms. The fourth-order valence-corrected chi connectivity index (χ4v) is 2.85. The standard InChI is InChI=1S/C19H29N3O2/c1-5-13(2)18(23)20-16-7-6-8-17(14(16)3)21-19(24)15-9-11-22(4)12-10-15/h6-8,13,15H,5,9-12H2,1-4H3,(H,20,23)(H,21,24). The number of likely N-dealkylation sites (tertiary alicyclic amines) is 1. The monoisotopic (exact) mass is 331 g/mol. The summed E-state index contributed by atoms with van der Waals surface area (Å²) >= 11 is 0. The molecule has 0 bridgehead atoms. The molecule has 1 fully saturated rings. The van der Waals surface area contributed by atoms with E-state index in [0.29, 0.717) is 0 Å². The van der Waals surface area contributed by atoms with Crippen LogP contribution >= 0.6 is 0 Å². The van der Waals surface area contributed by atoms with Crippen LogP contribution in [0.1, 0.15) is 38.7 Å². The minimum Gasteiger partial charge on any atom is -0.326 e. The fourth-order valence-electron chi connectivity index (χ4n) is 2.85. The van der Waals surface area contributed by atoms with E-state index in [2.05, 4.69) is 22.6 Å². The van der Waals surface area contributed by atoms with E-state index in [-0.39, 0.29) is 23.7 Å². The summed E-state index contributed by atoms with van der Waals surface area (Å²) in [5.74, 6) is 0.136. The average molecular weight is 331 g/mol. The Balaban J connectivity index is 2.04. The minimum atomic E-state index is -0.0260. The maximum Gasteiger partial charge on any atom is 0.227 e. The number of benzene rings is 1. The van der Waals surface area contributed by atoms with Gasteiger partial charge in [-0.15, -0.1) is 0 Å². The number of anilines is 2. The van der Waals surface area contributed by atoms with Crippen LogP contribution in [0.3, 0.4) is 0 Å². The van der Waals surface area contributed by atoms with E-state index in [1.807, 2.05) is 39.0 Å². The molecule has 2 N–H and O–H groups in total. The molecule has 0 aliphatic carbocycles. The Morgan fingerprint density at radius 2 is 1.79 bits per heavy atom. The first-order chi connectivity index (χ1) is 11.4. The molecule has 132 valence electrons. The molecule has 0 saturated carbocycles. The van der Waals surface area contributed by atoms with Gasteiger partial charge in [-0.3, -0.25) is 9.59 Å². The largest absolute Gasteiger partial charge is 0.326 e. The van der Waals surface area contributed by atoms with Gasteiger partial charge in [0.1, 0.15) is 0 Å². The lowest BCUT2D eigenvalue weighted by Gasteiger charge is -2.28. The summed E-state index contributed by atoms with van der Waals surface area (Å²) in [6.45, 7) is 7.76. The van der Waals surface area contributed by atoms with Gasteiger partial charge in [-0.1, -0.05) is 19.9 Å². The highest BCUT2D eigenvalue weighted by atomic mass is 16.2. The molecule has 0 radical (unpaired) electrons. The zero-order valence-corrected chi connectivity index (χ0v) is 15.2. The number of rotatable bonds is 5. The zero-order chi connectivity index (χ0) is 17.7. The van der Waals surface area contributed by atoms with Crippen LogP contribution in [0.5, 0.6) is 0 Å². The Morgan fingerprint density at radius 3 is 2.38 bits per heavy atom. The lowest BCUT2D eigenvalue weighted by Crippen LogP contribution is -2.36. The molecule has 1 aromatic carbocycles. The van der Waals surface area contributed by atoms with E-state index in [1.54, 1.807) is 0 Å². The molecule has 0 aromatic heterocycles. The summed E-state index contributed by atoms with van der Waals surface area (Å²) in [4.78, 5) is 26.9. The Labute approximate surface area is 144 Å². The van der Waals surface area contributed by atoms with Gasteiger partial charge in [0.05, 0.1) is 0 Å². The van der Waals surface area contributed by atoms with Gasteiger partial charge in [0, 0.05) is 23.2 Å². The van der Waals surface area contributed by atoms with Crippen LogP contribution in [-0.4, -0.2) is 36.9 Å². The molecular weight excluding hydrogens is 302 g/mol. The van der Waals surface area contributed by atoms with E-state index in [4.69, 9.17) is 0 Å². The molecule has 1 heterocycles. The van der Waals surface area contributed by atoms with Gasteiger partial charge in [-0.2, -0.15) is 0 Å². The van der Waals surface area contributed by atoms with E-state index >= 15 is 0 Å². The van der Waals surface area contributed by atoms with Gasteiger partial charge in [-0.05, 0) is 64.0 Å².